The third-order valence-corrected chi connectivity index (χ3v) is 4.16. The number of rotatable bonds is 4. The fourth-order valence-corrected chi connectivity index (χ4v) is 2.74. The van der Waals surface area contributed by atoms with Gasteiger partial charge in [-0.3, -0.25) is 9.89 Å². The van der Waals surface area contributed by atoms with Crippen LogP contribution >= 0.6 is 0 Å². The standard InChI is InChI=1S/C18H16N6O2/c25-17(13-5-6-14-9-20-18(26)23-15(14)7-13)19-8-11-1-3-12(4-2-11)16-21-10-22-24-16/h1-7,10H,8-9H2,(H,19,25)(H2,20,23,26)(H,21,22,24). The van der Waals surface area contributed by atoms with Gasteiger partial charge in [-0.05, 0) is 23.3 Å². The molecule has 0 bridgehead atoms. The maximum atomic E-state index is 12.4. The van der Waals surface area contributed by atoms with Gasteiger partial charge in [0.05, 0.1) is 0 Å². The van der Waals surface area contributed by atoms with E-state index in [9.17, 15) is 9.59 Å². The van der Waals surface area contributed by atoms with Crippen LogP contribution in [0.4, 0.5) is 10.5 Å². The van der Waals surface area contributed by atoms with Gasteiger partial charge >= 0.3 is 6.03 Å². The van der Waals surface area contributed by atoms with E-state index in [1.54, 1.807) is 12.1 Å². The normalized spacial score (nSPS) is 12.7. The molecule has 2 aromatic carbocycles. The molecule has 8 nitrogen and oxygen atoms in total. The average molecular weight is 348 g/mol. The lowest BCUT2D eigenvalue weighted by Gasteiger charge is -2.18. The Hall–Kier alpha value is -3.68. The van der Waals surface area contributed by atoms with E-state index in [0.717, 1.165) is 16.7 Å². The highest BCUT2D eigenvalue weighted by Gasteiger charge is 2.16. The first kappa shape index (κ1) is 15.8. The van der Waals surface area contributed by atoms with Crippen molar-refractivity contribution in [1.82, 2.24) is 25.8 Å². The van der Waals surface area contributed by atoms with Crippen LogP contribution in [-0.2, 0) is 13.1 Å². The van der Waals surface area contributed by atoms with Crippen LogP contribution in [0.15, 0.2) is 48.8 Å². The number of H-pyrrole nitrogens is 1. The second-order valence-corrected chi connectivity index (χ2v) is 5.89. The molecule has 0 unspecified atom stereocenters. The van der Waals surface area contributed by atoms with E-state index < -0.39 is 0 Å². The quantitative estimate of drug-likeness (QED) is 0.578. The van der Waals surface area contributed by atoms with Crippen molar-refractivity contribution < 1.29 is 9.59 Å². The third-order valence-electron chi connectivity index (χ3n) is 4.16. The molecule has 4 N–H and O–H groups in total. The van der Waals surface area contributed by atoms with Crippen molar-refractivity contribution in [3.63, 3.8) is 0 Å². The number of carbonyl (C=O) groups excluding carboxylic acids is 2. The SMILES string of the molecule is O=C1NCc2ccc(C(=O)NCc3ccc(-c4ncn[nH]4)cc3)cc2N1. The molecule has 1 aromatic heterocycles. The number of benzene rings is 2. The number of fused-ring (bicyclic) bond motifs is 1. The Morgan fingerprint density at radius 2 is 2.00 bits per heavy atom. The maximum Gasteiger partial charge on any atom is 0.319 e. The lowest BCUT2D eigenvalue weighted by Crippen LogP contribution is -2.33. The number of hydrogen-bond donors (Lipinski definition) is 4. The molecule has 0 spiro atoms. The lowest BCUT2D eigenvalue weighted by atomic mass is 10.1. The summed E-state index contributed by atoms with van der Waals surface area (Å²) < 4.78 is 0. The van der Waals surface area contributed by atoms with Crippen LogP contribution in [0.1, 0.15) is 21.5 Å². The van der Waals surface area contributed by atoms with Gasteiger partial charge in [0.2, 0.25) is 0 Å². The summed E-state index contributed by atoms with van der Waals surface area (Å²) in [7, 11) is 0. The summed E-state index contributed by atoms with van der Waals surface area (Å²) in [5.74, 6) is 0.506. The van der Waals surface area contributed by atoms with Crippen molar-refractivity contribution in [3.05, 3.63) is 65.5 Å². The summed E-state index contributed by atoms with van der Waals surface area (Å²) in [6, 6.07) is 12.7. The van der Waals surface area contributed by atoms with Crippen LogP contribution < -0.4 is 16.0 Å². The van der Waals surface area contributed by atoms with Crippen molar-refractivity contribution in [1.29, 1.82) is 0 Å². The van der Waals surface area contributed by atoms with Crippen LogP contribution in [0.25, 0.3) is 11.4 Å². The first-order valence-corrected chi connectivity index (χ1v) is 8.10. The molecule has 0 saturated carbocycles. The molecular weight excluding hydrogens is 332 g/mol. The van der Waals surface area contributed by atoms with Crippen LogP contribution in [0.5, 0.6) is 0 Å². The first-order valence-electron chi connectivity index (χ1n) is 8.10. The van der Waals surface area contributed by atoms with Crippen LogP contribution in [0.2, 0.25) is 0 Å². The molecule has 1 aliphatic rings. The highest BCUT2D eigenvalue weighted by atomic mass is 16.2. The fraction of sp³-hybridized carbons (Fsp3) is 0.111. The Morgan fingerprint density at radius 3 is 2.77 bits per heavy atom. The molecule has 8 heteroatoms. The number of aromatic amines is 1. The van der Waals surface area contributed by atoms with Gasteiger partial charge in [-0.1, -0.05) is 30.3 Å². The van der Waals surface area contributed by atoms with Crippen LogP contribution in [-0.4, -0.2) is 27.1 Å². The molecular formula is C18H16N6O2. The molecule has 130 valence electrons. The first-order chi connectivity index (χ1) is 12.7. The molecule has 0 atom stereocenters. The third kappa shape index (κ3) is 3.25. The minimum atomic E-state index is -0.262. The summed E-state index contributed by atoms with van der Waals surface area (Å²) in [4.78, 5) is 27.9. The molecule has 0 saturated heterocycles. The highest BCUT2D eigenvalue weighted by Crippen LogP contribution is 2.21. The van der Waals surface area contributed by atoms with Crippen molar-refractivity contribution in [3.8, 4) is 11.4 Å². The largest absolute Gasteiger partial charge is 0.348 e. The van der Waals surface area contributed by atoms with Crippen molar-refractivity contribution >= 4 is 17.6 Å². The van der Waals surface area contributed by atoms with E-state index in [0.29, 0.717) is 30.2 Å². The average Bonchev–Trinajstić information content (AvgIpc) is 3.20. The predicted octanol–water partition coefficient (Wildman–Crippen LogP) is 2.04. The van der Waals surface area contributed by atoms with E-state index in [1.807, 2.05) is 30.3 Å². The van der Waals surface area contributed by atoms with E-state index >= 15 is 0 Å². The Labute approximate surface area is 149 Å². The van der Waals surface area contributed by atoms with Crippen molar-refractivity contribution in [2.24, 2.45) is 0 Å². The molecule has 26 heavy (non-hydrogen) atoms. The second kappa shape index (κ2) is 6.67. The Kier molecular flexibility index (Phi) is 4.06. The summed E-state index contributed by atoms with van der Waals surface area (Å²) >= 11 is 0. The van der Waals surface area contributed by atoms with E-state index in [2.05, 4.69) is 31.1 Å². The molecule has 1 aliphatic heterocycles. The minimum absolute atomic E-state index is 0.195. The zero-order chi connectivity index (χ0) is 17.9. The van der Waals surface area contributed by atoms with Gasteiger partial charge in [0, 0.05) is 29.9 Å². The zero-order valence-corrected chi connectivity index (χ0v) is 13.7. The number of urea groups is 1. The van der Waals surface area contributed by atoms with Crippen LogP contribution in [0.3, 0.4) is 0 Å². The second-order valence-electron chi connectivity index (χ2n) is 5.89. The van der Waals surface area contributed by atoms with Gasteiger partial charge in [0.25, 0.3) is 5.91 Å². The summed E-state index contributed by atoms with van der Waals surface area (Å²) in [6.45, 7) is 0.862. The van der Waals surface area contributed by atoms with Crippen molar-refractivity contribution in [2.45, 2.75) is 13.1 Å². The number of carbonyl (C=O) groups is 2. The highest BCUT2D eigenvalue weighted by molar-refractivity contribution is 5.98. The maximum absolute atomic E-state index is 12.4. The van der Waals surface area contributed by atoms with E-state index in [-0.39, 0.29) is 11.9 Å². The summed E-state index contributed by atoms with van der Waals surface area (Å²) in [6.07, 6.45) is 1.46. The van der Waals surface area contributed by atoms with Gasteiger partial charge in [-0.25, -0.2) is 9.78 Å². The number of amides is 3. The van der Waals surface area contributed by atoms with E-state index in [4.69, 9.17) is 0 Å². The number of aromatic nitrogens is 3. The zero-order valence-electron chi connectivity index (χ0n) is 13.7. The number of hydrogen-bond acceptors (Lipinski definition) is 4. The van der Waals surface area contributed by atoms with Gasteiger partial charge < -0.3 is 16.0 Å². The Balaban J connectivity index is 1.41. The smallest absolute Gasteiger partial charge is 0.319 e. The molecule has 2 heterocycles. The molecule has 3 amide bonds. The van der Waals surface area contributed by atoms with Gasteiger partial charge in [0.1, 0.15) is 6.33 Å². The predicted molar refractivity (Wildman–Crippen MR) is 95.3 cm³/mol. The Bertz CT molecular complexity index is 950. The van der Waals surface area contributed by atoms with Gasteiger partial charge in [0.15, 0.2) is 5.82 Å². The number of anilines is 1. The number of nitrogens with zero attached hydrogens (tertiary/aromatic N) is 2. The van der Waals surface area contributed by atoms with Gasteiger partial charge in [-0.2, -0.15) is 5.10 Å². The molecule has 0 aliphatic carbocycles. The summed E-state index contributed by atoms with van der Waals surface area (Å²) in [5, 5.41) is 14.9. The van der Waals surface area contributed by atoms with Crippen LogP contribution in [0, 0.1) is 0 Å². The topological polar surface area (TPSA) is 112 Å². The monoisotopic (exact) mass is 348 g/mol. The fourth-order valence-electron chi connectivity index (χ4n) is 2.74. The van der Waals surface area contributed by atoms with E-state index in [1.165, 1.54) is 6.33 Å². The van der Waals surface area contributed by atoms with Gasteiger partial charge in [-0.15, -0.1) is 0 Å². The number of nitrogens with one attached hydrogen (secondary N) is 4. The molecule has 0 radical (unpaired) electrons. The lowest BCUT2D eigenvalue weighted by molar-refractivity contribution is 0.0951. The molecule has 0 fully saturated rings. The summed E-state index contributed by atoms with van der Waals surface area (Å²) in [5.41, 5.74) is 4.01. The minimum Gasteiger partial charge on any atom is -0.348 e. The molecule has 3 aromatic rings. The molecule has 4 rings (SSSR count). The Morgan fingerprint density at radius 1 is 1.15 bits per heavy atom. The van der Waals surface area contributed by atoms with Crippen molar-refractivity contribution in [2.75, 3.05) is 5.32 Å².